The Morgan fingerprint density at radius 2 is 2.00 bits per heavy atom. The number of hydrogen-bond acceptors (Lipinski definition) is 8. The van der Waals surface area contributed by atoms with Crippen LogP contribution in [0.25, 0.3) is 10.9 Å². The normalized spacial score (nSPS) is 14.4. The van der Waals surface area contributed by atoms with E-state index >= 15 is 0 Å². The Bertz CT molecular complexity index is 1150. The van der Waals surface area contributed by atoms with E-state index in [0.29, 0.717) is 35.7 Å². The summed E-state index contributed by atoms with van der Waals surface area (Å²) < 4.78 is 12.7. The zero-order valence-electron chi connectivity index (χ0n) is 19.0. The maximum absolute atomic E-state index is 12.9. The number of benzene rings is 1. The SMILES string of the molecule is CCCC(c1nnnn1C(C)(C)C)N(CCO)Cc1cc2cc3c(cc2[nH]c1=O)OCO3. The molecule has 3 heterocycles. The predicted molar refractivity (Wildman–Crippen MR) is 119 cm³/mol. The van der Waals surface area contributed by atoms with Gasteiger partial charge in [0, 0.05) is 30.1 Å². The summed E-state index contributed by atoms with van der Waals surface area (Å²) in [4.78, 5) is 17.9. The van der Waals surface area contributed by atoms with E-state index in [0.717, 1.165) is 24.1 Å². The number of nitrogens with one attached hydrogen (secondary N) is 1. The molecule has 172 valence electrons. The minimum atomic E-state index is -0.293. The van der Waals surface area contributed by atoms with Gasteiger partial charge < -0.3 is 19.6 Å². The summed E-state index contributed by atoms with van der Waals surface area (Å²) in [5, 5.41) is 23.1. The molecule has 0 bridgehead atoms. The Labute approximate surface area is 186 Å². The molecule has 3 aromatic rings. The monoisotopic (exact) mass is 442 g/mol. The van der Waals surface area contributed by atoms with Crippen LogP contribution in [-0.4, -0.2) is 55.1 Å². The molecule has 2 aromatic heterocycles. The van der Waals surface area contributed by atoms with E-state index in [1.165, 1.54) is 0 Å². The van der Waals surface area contributed by atoms with Crippen LogP contribution in [0.2, 0.25) is 0 Å². The van der Waals surface area contributed by atoms with Crippen LogP contribution in [0.5, 0.6) is 11.5 Å². The van der Waals surface area contributed by atoms with Gasteiger partial charge in [-0.15, -0.1) is 5.10 Å². The third-order valence-electron chi connectivity index (χ3n) is 5.60. The molecule has 0 aliphatic carbocycles. The number of aliphatic hydroxyl groups is 1. The molecule has 2 N–H and O–H groups in total. The molecule has 0 saturated heterocycles. The summed E-state index contributed by atoms with van der Waals surface area (Å²) in [7, 11) is 0. The largest absolute Gasteiger partial charge is 0.454 e. The van der Waals surface area contributed by atoms with Gasteiger partial charge >= 0.3 is 0 Å². The molecule has 0 fully saturated rings. The van der Waals surface area contributed by atoms with Gasteiger partial charge in [0.05, 0.1) is 23.7 Å². The fourth-order valence-corrected chi connectivity index (χ4v) is 4.08. The standard InChI is InChI=1S/C22H30N6O4/c1-5-6-17(20-24-25-26-28(20)22(2,3)4)27(7-8-29)12-15-9-14-10-18-19(32-13-31-18)11-16(14)23-21(15)30/h9-11,17,29H,5-8,12-13H2,1-4H3,(H,23,30). The number of aromatic amines is 1. The van der Waals surface area contributed by atoms with E-state index < -0.39 is 0 Å². The number of aromatic nitrogens is 5. The van der Waals surface area contributed by atoms with Crippen LogP contribution >= 0.6 is 0 Å². The van der Waals surface area contributed by atoms with Gasteiger partial charge in [-0.25, -0.2) is 4.68 Å². The predicted octanol–water partition coefficient (Wildman–Crippen LogP) is 2.33. The molecular formula is C22H30N6O4. The lowest BCUT2D eigenvalue weighted by Gasteiger charge is -2.32. The molecule has 4 rings (SSSR count). The second-order valence-corrected chi connectivity index (χ2v) is 9.03. The van der Waals surface area contributed by atoms with Crippen molar-refractivity contribution in [3.8, 4) is 11.5 Å². The van der Waals surface area contributed by atoms with Crippen molar-refractivity contribution >= 4 is 10.9 Å². The number of rotatable bonds is 8. The van der Waals surface area contributed by atoms with Gasteiger partial charge in [-0.3, -0.25) is 9.69 Å². The molecule has 1 aromatic carbocycles. The van der Waals surface area contributed by atoms with Crippen molar-refractivity contribution in [2.24, 2.45) is 0 Å². The molecule has 0 saturated carbocycles. The maximum atomic E-state index is 12.9. The molecule has 1 aliphatic rings. The van der Waals surface area contributed by atoms with Crippen LogP contribution in [0.4, 0.5) is 0 Å². The second kappa shape index (κ2) is 8.87. The number of nitrogens with zero attached hydrogens (tertiary/aromatic N) is 5. The highest BCUT2D eigenvalue weighted by Gasteiger charge is 2.30. The van der Waals surface area contributed by atoms with E-state index in [4.69, 9.17) is 9.47 Å². The number of hydrogen-bond donors (Lipinski definition) is 2. The Morgan fingerprint density at radius 3 is 2.69 bits per heavy atom. The van der Waals surface area contributed by atoms with Crippen molar-refractivity contribution in [1.82, 2.24) is 30.1 Å². The van der Waals surface area contributed by atoms with Crippen LogP contribution in [-0.2, 0) is 12.1 Å². The smallest absolute Gasteiger partial charge is 0.252 e. The molecule has 0 amide bonds. The van der Waals surface area contributed by atoms with E-state index in [1.54, 1.807) is 6.07 Å². The number of pyridine rings is 1. The van der Waals surface area contributed by atoms with Gasteiger partial charge in [0.1, 0.15) is 0 Å². The summed E-state index contributed by atoms with van der Waals surface area (Å²) in [6, 6.07) is 5.38. The summed E-state index contributed by atoms with van der Waals surface area (Å²) >= 11 is 0. The van der Waals surface area contributed by atoms with Gasteiger partial charge in [-0.1, -0.05) is 13.3 Å². The first-order valence-electron chi connectivity index (χ1n) is 10.9. The zero-order chi connectivity index (χ0) is 22.9. The van der Waals surface area contributed by atoms with E-state index in [-0.39, 0.29) is 30.5 Å². The molecule has 1 unspecified atom stereocenters. The Morgan fingerprint density at radius 1 is 1.25 bits per heavy atom. The minimum Gasteiger partial charge on any atom is -0.454 e. The zero-order valence-corrected chi connectivity index (χ0v) is 19.0. The molecule has 10 heteroatoms. The summed E-state index contributed by atoms with van der Waals surface area (Å²) in [6.07, 6.45) is 1.70. The highest BCUT2D eigenvalue weighted by atomic mass is 16.7. The molecule has 10 nitrogen and oxygen atoms in total. The third kappa shape index (κ3) is 4.33. The van der Waals surface area contributed by atoms with Gasteiger partial charge in [-0.05, 0) is 49.8 Å². The Kier molecular flexibility index (Phi) is 6.16. The van der Waals surface area contributed by atoms with Gasteiger partial charge in [0.15, 0.2) is 17.3 Å². The topological polar surface area (TPSA) is 118 Å². The first-order valence-corrected chi connectivity index (χ1v) is 10.9. The quantitative estimate of drug-likeness (QED) is 0.546. The molecule has 1 atom stereocenters. The van der Waals surface area contributed by atoms with Crippen molar-refractivity contribution in [3.05, 3.63) is 39.9 Å². The van der Waals surface area contributed by atoms with Crippen molar-refractivity contribution in [2.45, 2.75) is 58.7 Å². The average Bonchev–Trinajstić information content (AvgIpc) is 3.39. The summed E-state index contributed by atoms with van der Waals surface area (Å²) in [5.74, 6) is 2.02. The van der Waals surface area contributed by atoms with Crippen LogP contribution in [0.15, 0.2) is 23.0 Å². The second-order valence-electron chi connectivity index (χ2n) is 9.03. The Balaban J connectivity index is 1.71. The lowest BCUT2D eigenvalue weighted by atomic mass is 10.0. The van der Waals surface area contributed by atoms with Crippen LogP contribution < -0.4 is 15.0 Å². The van der Waals surface area contributed by atoms with Crippen LogP contribution in [0, 0.1) is 0 Å². The maximum Gasteiger partial charge on any atom is 0.252 e. The van der Waals surface area contributed by atoms with Gasteiger partial charge in [0.2, 0.25) is 6.79 Å². The number of H-pyrrole nitrogens is 1. The average molecular weight is 443 g/mol. The number of aliphatic hydroxyl groups excluding tert-OH is 1. The lowest BCUT2D eigenvalue weighted by Crippen LogP contribution is -2.37. The molecule has 0 radical (unpaired) electrons. The van der Waals surface area contributed by atoms with Crippen molar-refractivity contribution in [2.75, 3.05) is 19.9 Å². The summed E-state index contributed by atoms with van der Waals surface area (Å²) in [6.45, 7) is 9.11. The van der Waals surface area contributed by atoms with Crippen LogP contribution in [0.1, 0.15) is 58.0 Å². The van der Waals surface area contributed by atoms with Crippen LogP contribution in [0.3, 0.4) is 0 Å². The molecule has 32 heavy (non-hydrogen) atoms. The number of ether oxygens (including phenoxy) is 2. The van der Waals surface area contributed by atoms with Crippen molar-refractivity contribution < 1.29 is 14.6 Å². The summed E-state index contributed by atoms with van der Waals surface area (Å²) in [5.41, 5.74) is 0.822. The van der Waals surface area contributed by atoms with E-state index in [1.807, 2.05) is 37.6 Å². The van der Waals surface area contributed by atoms with Gasteiger partial charge in [0.25, 0.3) is 5.56 Å². The van der Waals surface area contributed by atoms with E-state index in [2.05, 4.69) is 32.3 Å². The number of fused-ring (bicyclic) bond motifs is 2. The fraction of sp³-hybridized carbons (Fsp3) is 0.545. The number of tetrazole rings is 1. The van der Waals surface area contributed by atoms with Crippen molar-refractivity contribution in [1.29, 1.82) is 0 Å². The third-order valence-corrected chi connectivity index (χ3v) is 5.60. The van der Waals surface area contributed by atoms with Gasteiger partial charge in [-0.2, -0.15) is 0 Å². The molecule has 0 spiro atoms. The molecule has 1 aliphatic heterocycles. The minimum absolute atomic E-state index is 0.0402. The van der Waals surface area contributed by atoms with Crippen molar-refractivity contribution in [3.63, 3.8) is 0 Å². The Hall–Kier alpha value is -2.98. The lowest BCUT2D eigenvalue weighted by molar-refractivity contribution is 0.123. The van der Waals surface area contributed by atoms with E-state index in [9.17, 15) is 9.90 Å². The highest BCUT2D eigenvalue weighted by Crippen LogP contribution is 2.35. The first-order chi connectivity index (χ1) is 15.3. The fourth-order valence-electron chi connectivity index (χ4n) is 4.08. The molecular weight excluding hydrogens is 412 g/mol. The highest BCUT2D eigenvalue weighted by molar-refractivity contribution is 5.83. The first kappa shape index (κ1) is 22.2.